The van der Waals surface area contributed by atoms with Crippen LogP contribution in [0.4, 0.5) is 5.69 Å². The van der Waals surface area contributed by atoms with Gasteiger partial charge in [-0.1, -0.05) is 32.9 Å². The highest BCUT2D eigenvalue weighted by Crippen LogP contribution is 2.33. The van der Waals surface area contributed by atoms with Crippen molar-refractivity contribution in [3.8, 4) is 5.75 Å². The molecule has 7 nitrogen and oxygen atoms in total. The summed E-state index contributed by atoms with van der Waals surface area (Å²) in [5, 5.41) is 11.9. The largest absolute Gasteiger partial charge is 0.480 e. The molecular weight excluding hydrogens is 348 g/mol. The van der Waals surface area contributed by atoms with Crippen LogP contribution in [0.2, 0.25) is 0 Å². The second-order valence-electron chi connectivity index (χ2n) is 8.03. The van der Waals surface area contributed by atoms with Crippen molar-refractivity contribution in [1.29, 1.82) is 0 Å². The van der Waals surface area contributed by atoms with Crippen LogP contribution < -0.4 is 15.0 Å². The van der Waals surface area contributed by atoms with Crippen LogP contribution in [0.3, 0.4) is 0 Å². The van der Waals surface area contributed by atoms with Crippen molar-refractivity contribution in [2.75, 3.05) is 11.4 Å². The summed E-state index contributed by atoms with van der Waals surface area (Å²) in [6.07, 6.45) is 0.436. The third-order valence-corrected chi connectivity index (χ3v) is 4.45. The number of ether oxygens (including phenoxy) is 1. The van der Waals surface area contributed by atoms with E-state index in [4.69, 9.17) is 4.74 Å². The predicted molar refractivity (Wildman–Crippen MR) is 102 cm³/mol. The van der Waals surface area contributed by atoms with E-state index in [2.05, 4.69) is 5.32 Å². The topological polar surface area (TPSA) is 95.9 Å². The fourth-order valence-corrected chi connectivity index (χ4v) is 2.90. The van der Waals surface area contributed by atoms with E-state index in [1.165, 1.54) is 4.90 Å². The monoisotopic (exact) mass is 376 g/mol. The van der Waals surface area contributed by atoms with E-state index >= 15 is 0 Å². The number of carbonyl (C=O) groups excluding carboxylic acids is 2. The fourth-order valence-electron chi connectivity index (χ4n) is 2.90. The molecule has 0 fully saturated rings. The van der Waals surface area contributed by atoms with E-state index in [0.29, 0.717) is 24.3 Å². The van der Waals surface area contributed by atoms with Crippen LogP contribution in [0.5, 0.6) is 5.75 Å². The molecule has 1 heterocycles. The maximum absolute atomic E-state index is 12.4. The number of para-hydroxylation sites is 2. The minimum atomic E-state index is -1.05. The molecule has 1 aromatic rings. The van der Waals surface area contributed by atoms with Gasteiger partial charge in [0.2, 0.25) is 5.91 Å². The molecule has 2 rings (SSSR count). The van der Waals surface area contributed by atoms with Gasteiger partial charge in [-0.3, -0.25) is 9.59 Å². The second-order valence-corrected chi connectivity index (χ2v) is 8.03. The number of hydrogen-bond acceptors (Lipinski definition) is 4. The Bertz CT molecular complexity index is 711. The van der Waals surface area contributed by atoms with Gasteiger partial charge in [-0.25, -0.2) is 4.79 Å². The number of nitrogens with zero attached hydrogens (tertiary/aromatic N) is 1. The Balaban J connectivity index is 1.97. The van der Waals surface area contributed by atoms with E-state index in [0.717, 1.165) is 0 Å². The number of carboxylic acid groups (broad SMARTS) is 1. The lowest BCUT2D eigenvalue weighted by Gasteiger charge is -2.33. The fraction of sp³-hybridized carbons (Fsp3) is 0.550. The Labute approximate surface area is 159 Å². The number of amides is 2. The molecule has 0 spiro atoms. The summed E-state index contributed by atoms with van der Waals surface area (Å²) in [6, 6.07) is 6.23. The second kappa shape index (κ2) is 8.41. The van der Waals surface area contributed by atoms with Crippen molar-refractivity contribution in [3.05, 3.63) is 24.3 Å². The molecule has 2 amide bonds. The van der Waals surface area contributed by atoms with Gasteiger partial charge in [-0.05, 0) is 37.3 Å². The van der Waals surface area contributed by atoms with Gasteiger partial charge in [0.15, 0.2) is 6.10 Å². The van der Waals surface area contributed by atoms with Gasteiger partial charge < -0.3 is 20.1 Å². The molecule has 0 aliphatic carbocycles. The van der Waals surface area contributed by atoms with Crippen molar-refractivity contribution >= 4 is 23.5 Å². The molecular formula is C20H28N2O5. The van der Waals surface area contributed by atoms with Gasteiger partial charge in [-0.2, -0.15) is 0 Å². The summed E-state index contributed by atoms with van der Waals surface area (Å²) in [5.74, 6) is -1.06. The molecule has 0 radical (unpaired) electrons. The van der Waals surface area contributed by atoms with Crippen LogP contribution in [0.25, 0.3) is 0 Å². The summed E-state index contributed by atoms with van der Waals surface area (Å²) in [6.45, 7) is 7.91. The van der Waals surface area contributed by atoms with E-state index in [1.807, 2.05) is 26.8 Å². The van der Waals surface area contributed by atoms with Gasteiger partial charge in [0.25, 0.3) is 5.91 Å². The van der Waals surface area contributed by atoms with Crippen LogP contribution in [-0.4, -0.2) is 41.6 Å². The average molecular weight is 376 g/mol. The van der Waals surface area contributed by atoms with Crippen molar-refractivity contribution < 1.29 is 24.2 Å². The SMILES string of the molecule is CC1Oc2ccccc2N(CCC(=O)NC(CCC(C)(C)C)C(=O)O)C1=O. The quantitative estimate of drug-likeness (QED) is 0.762. The van der Waals surface area contributed by atoms with Gasteiger partial charge in [0.05, 0.1) is 5.69 Å². The first kappa shape index (κ1) is 20.7. The van der Waals surface area contributed by atoms with Gasteiger partial charge >= 0.3 is 5.97 Å². The molecule has 1 aliphatic heterocycles. The van der Waals surface area contributed by atoms with Crippen molar-refractivity contribution in [2.45, 2.75) is 59.1 Å². The number of nitrogens with one attached hydrogen (secondary N) is 1. The maximum atomic E-state index is 12.4. The van der Waals surface area contributed by atoms with Crippen LogP contribution in [0.1, 0.15) is 47.0 Å². The number of benzene rings is 1. The Morgan fingerprint density at radius 3 is 2.59 bits per heavy atom. The molecule has 0 bridgehead atoms. The number of anilines is 1. The Morgan fingerprint density at radius 1 is 1.30 bits per heavy atom. The number of fused-ring (bicyclic) bond motifs is 1. The van der Waals surface area contributed by atoms with E-state index in [1.54, 1.807) is 25.1 Å². The molecule has 1 aromatic carbocycles. The lowest BCUT2D eigenvalue weighted by Crippen LogP contribution is -2.47. The van der Waals surface area contributed by atoms with Crippen LogP contribution in [-0.2, 0) is 14.4 Å². The predicted octanol–water partition coefficient (Wildman–Crippen LogP) is 2.59. The van der Waals surface area contributed by atoms with Crippen molar-refractivity contribution in [2.24, 2.45) is 5.41 Å². The smallest absolute Gasteiger partial charge is 0.326 e. The highest BCUT2D eigenvalue weighted by atomic mass is 16.5. The Kier molecular flexibility index (Phi) is 6.46. The first-order valence-electron chi connectivity index (χ1n) is 9.18. The molecule has 0 aromatic heterocycles. The number of carboxylic acids is 1. The zero-order valence-electron chi connectivity index (χ0n) is 16.3. The first-order valence-corrected chi connectivity index (χ1v) is 9.18. The maximum Gasteiger partial charge on any atom is 0.326 e. The van der Waals surface area contributed by atoms with E-state index < -0.39 is 18.1 Å². The third kappa shape index (κ3) is 5.70. The molecule has 0 saturated heterocycles. The molecule has 148 valence electrons. The molecule has 2 atom stereocenters. The number of aliphatic carboxylic acids is 1. The molecule has 27 heavy (non-hydrogen) atoms. The Morgan fingerprint density at radius 2 is 1.96 bits per heavy atom. The normalized spacial score (nSPS) is 17.7. The van der Waals surface area contributed by atoms with Gasteiger partial charge in [0.1, 0.15) is 11.8 Å². The standard InChI is InChI=1S/C20H28N2O5/c1-13-18(24)22(15-7-5-6-8-16(15)27-13)12-10-17(23)21-14(19(25)26)9-11-20(2,3)4/h5-8,13-14H,9-12H2,1-4H3,(H,21,23)(H,25,26). The number of rotatable bonds is 7. The zero-order chi connectivity index (χ0) is 20.2. The van der Waals surface area contributed by atoms with E-state index in [9.17, 15) is 19.5 Å². The lowest BCUT2D eigenvalue weighted by molar-refractivity contribution is -0.142. The number of carbonyl (C=O) groups is 3. The van der Waals surface area contributed by atoms with Crippen molar-refractivity contribution in [3.63, 3.8) is 0 Å². The minimum absolute atomic E-state index is 0.0154. The van der Waals surface area contributed by atoms with Gasteiger partial charge in [0, 0.05) is 13.0 Å². The molecule has 2 unspecified atom stereocenters. The molecule has 7 heteroatoms. The minimum Gasteiger partial charge on any atom is -0.480 e. The third-order valence-electron chi connectivity index (χ3n) is 4.45. The summed E-state index contributed by atoms with van der Waals surface area (Å²) in [4.78, 5) is 37.6. The van der Waals surface area contributed by atoms with Crippen LogP contribution >= 0.6 is 0 Å². The number of hydrogen-bond donors (Lipinski definition) is 2. The molecule has 0 saturated carbocycles. The lowest BCUT2D eigenvalue weighted by atomic mass is 9.88. The summed E-state index contributed by atoms with van der Waals surface area (Å²) < 4.78 is 5.57. The van der Waals surface area contributed by atoms with Crippen LogP contribution in [0.15, 0.2) is 24.3 Å². The summed E-state index contributed by atoms with van der Waals surface area (Å²) in [7, 11) is 0. The van der Waals surface area contributed by atoms with Crippen molar-refractivity contribution in [1.82, 2.24) is 5.32 Å². The average Bonchev–Trinajstić information content (AvgIpc) is 2.58. The molecule has 2 N–H and O–H groups in total. The zero-order valence-corrected chi connectivity index (χ0v) is 16.3. The Hall–Kier alpha value is -2.57. The van der Waals surface area contributed by atoms with E-state index in [-0.39, 0.29) is 30.2 Å². The van der Waals surface area contributed by atoms with Gasteiger partial charge in [-0.15, -0.1) is 0 Å². The molecule has 1 aliphatic rings. The first-order chi connectivity index (χ1) is 12.6. The highest BCUT2D eigenvalue weighted by Gasteiger charge is 2.31. The highest BCUT2D eigenvalue weighted by molar-refractivity contribution is 6.00. The summed E-state index contributed by atoms with van der Waals surface area (Å²) in [5.41, 5.74) is 0.606. The summed E-state index contributed by atoms with van der Waals surface area (Å²) >= 11 is 0. The van der Waals surface area contributed by atoms with Crippen LogP contribution in [0, 0.1) is 5.41 Å².